The number of phenols is 1. The summed E-state index contributed by atoms with van der Waals surface area (Å²) in [7, 11) is 0. The summed E-state index contributed by atoms with van der Waals surface area (Å²) in [6.45, 7) is 4.52. The number of thioether (sulfide) groups is 1. The zero-order chi connectivity index (χ0) is 19.9. The van der Waals surface area contributed by atoms with Gasteiger partial charge in [0, 0.05) is 12.1 Å². The Hall–Kier alpha value is -3.13. The molecular formula is C20H21N5O2S. The fourth-order valence-electron chi connectivity index (χ4n) is 2.56. The van der Waals surface area contributed by atoms with E-state index < -0.39 is 0 Å². The van der Waals surface area contributed by atoms with Gasteiger partial charge < -0.3 is 9.67 Å². The molecule has 1 aromatic heterocycles. The van der Waals surface area contributed by atoms with E-state index in [0.29, 0.717) is 17.4 Å². The second-order valence-corrected chi connectivity index (χ2v) is 6.93. The number of phenolic OH excluding ortho intramolecular Hbond substituents is 1. The van der Waals surface area contributed by atoms with E-state index in [2.05, 4.69) is 20.7 Å². The summed E-state index contributed by atoms with van der Waals surface area (Å²) in [5.74, 6) is 0.924. The maximum atomic E-state index is 12.1. The first-order valence-electron chi connectivity index (χ1n) is 8.82. The van der Waals surface area contributed by atoms with Crippen molar-refractivity contribution in [2.75, 3.05) is 5.75 Å². The highest BCUT2D eigenvalue weighted by Crippen LogP contribution is 2.23. The zero-order valence-corrected chi connectivity index (χ0v) is 16.5. The van der Waals surface area contributed by atoms with Crippen molar-refractivity contribution in [2.24, 2.45) is 5.10 Å². The molecule has 0 aliphatic carbocycles. The van der Waals surface area contributed by atoms with Crippen LogP contribution in [0.1, 0.15) is 19.4 Å². The number of rotatable bonds is 7. The van der Waals surface area contributed by atoms with Crippen molar-refractivity contribution >= 4 is 23.4 Å². The van der Waals surface area contributed by atoms with E-state index in [4.69, 9.17) is 0 Å². The Balaban J connectivity index is 1.61. The average Bonchev–Trinajstić information content (AvgIpc) is 3.14. The summed E-state index contributed by atoms with van der Waals surface area (Å²) in [6, 6.07) is 16.5. The van der Waals surface area contributed by atoms with E-state index in [9.17, 15) is 9.90 Å². The van der Waals surface area contributed by atoms with Crippen LogP contribution >= 0.6 is 11.8 Å². The summed E-state index contributed by atoms with van der Waals surface area (Å²) in [6.07, 6.45) is 0. The summed E-state index contributed by atoms with van der Waals surface area (Å²) in [4.78, 5) is 12.1. The van der Waals surface area contributed by atoms with Crippen LogP contribution in [0, 0.1) is 0 Å². The molecule has 0 saturated carbocycles. The van der Waals surface area contributed by atoms with Crippen LogP contribution in [-0.4, -0.2) is 37.2 Å². The second-order valence-electron chi connectivity index (χ2n) is 5.98. The third-order valence-corrected chi connectivity index (χ3v) is 5.00. The van der Waals surface area contributed by atoms with Gasteiger partial charge in [-0.2, -0.15) is 5.10 Å². The van der Waals surface area contributed by atoms with Gasteiger partial charge >= 0.3 is 0 Å². The van der Waals surface area contributed by atoms with Gasteiger partial charge in [-0.15, -0.1) is 10.2 Å². The van der Waals surface area contributed by atoms with Gasteiger partial charge in [-0.3, -0.25) is 4.79 Å². The highest BCUT2D eigenvalue weighted by atomic mass is 32.2. The van der Waals surface area contributed by atoms with Gasteiger partial charge in [0.2, 0.25) is 0 Å². The van der Waals surface area contributed by atoms with Crippen LogP contribution in [0.4, 0.5) is 0 Å². The number of nitrogens with one attached hydrogen (secondary N) is 1. The number of carbonyl (C=O) groups is 1. The molecule has 0 fully saturated rings. The van der Waals surface area contributed by atoms with Crippen molar-refractivity contribution in [1.29, 1.82) is 0 Å². The minimum Gasteiger partial charge on any atom is -0.508 e. The van der Waals surface area contributed by atoms with Crippen LogP contribution in [0.3, 0.4) is 0 Å². The number of hydrogen-bond acceptors (Lipinski definition) is 6. The highest BCUT2D eigenvalue weighted by Gasteiger charge is 2.14. The zero-order valence-electron chi connectivity index (χ0n) is 15.7. The standard InChI is InChI=1S/C20H21N5O2S/c1-3-25-19(16-7-5-4-6-8-16)23-24-20(25)28-13-18(27)22-21-14(2)15-9-11-17(26)12-10-15/h4-12,26H,3,13H2,1-2H3,(H,22,27)/b21-14-. The Kier molecular flexibility index (Phi) is 6.44. The minimum atomic E-state index is -0.227. The smallest absolute Gasteiger partial charge is 0.250 e. The van der Waals surface area contributed by atoms with Gasteiger partial charge in [-0.1, -0.05) is 42.1 Å². The van der Waals surface area contributed by atoms with Gasteiger partial charge in [0.25, 0.3) is 5.91 Å². The third-order valence-electron chi connectivity index (χ3n) is 4.03. The molecule has 2 N–H and O–H groups in total. The van der Waals surface area contributed by atoms with Crippen LogP contribution in [0.2, 0.25) is 0 Å². The molecule has 0 spiro atoms. The quantitative estimate of drug-likeness (QED) is 0.364. The first kappa shape index (κ1) is 19.6. The average molecular weight is 395 g/mol. The van der Waals surface area contributed by atoms with Gasteiger partial charge in [0.05, 0.1) is 11.5 Å². The number of aromatic hydroxyl groups is 1. The highest BCUT2D eigenvalue weighted by molar-refractivity contribution is 7.99. The molecule has 28 heavy (non-hydrogen) atoms. The molecule has 1 amide bonds. The van der Waals surface area contributed by atoms with Crippen LogP contribution in [0.15, 0.2) is 64.9 Å². The lowest BCUT2D eigenvalue weighted by atomic mass is 10.1. The molecule has 0 saturated heterocycles. The van der Waals surface area contributed by atoms with Crippen LogP contribution in [0.5, 0.6) is 5.75 Å². The third kappa shape index (κ3) is 4.77. The topological polar surface area (TPSA) is 92.4 Å². The molecule has 0 radical (unpaired) electrons. The Morgan fingerprint density at radius 3 is 2.54 bits per heavy atom. The lowest BCUT2D eigenvalue weighted by molar-refractivity contribution is -0.118. The predicted octanol–water partition coefficient (Wildman–Crippen LogP) is 3.30. The van der Waals surface area contributed by atoms with E-state index in [0.717, 1.165) is 17.0 Å². The molecule has 0 aliphatic heterocycles. The molecule has 1 heterocycles. The first-order chi connectivity index (χ1) is 13.6. The van der Waals surface area contributed by atoms with E-state index in [-0.39, 0.29) is 17.4 Å². The van der Waals surface area contributed by atoms with Gasteiger partial charge in [-0.25, -0.2) is 5.43 Å². The van der Waals surface area contributed by atoms with E-state index in [1.54, 1.807) is 31.2 Å². The number of nitrogens with zero attached hydrogens (tertiary/aromatic N) is 4. The lowest BCUT2D eigenvalue weighted by Gasteiger charge is -2.07. The fraction of sp³-hybridized carbons (Fsp3) is 0.200. The lowest BCUT2D eigenvalue weighted by Crippen LogP contribution is -2.21. The fourth-order valence-corrected chi connectivity index (χ4v) is 3.35. The summed E-state index contributed by atoms with van der Waals surface area (Å²) in [5, 5.41) is 22.6. The maximum Gasteiger partial charge on any atom is 0.250 e. The number of benzene rings is 2. The Morgan fingerprint density at radius 2 is 1.86 bits per heavy atom. The van der Waals surface area contributed by atoms with Crippen molar-refractivity contribution in [2.45, 2.75) is 25.5 Å². The second kappa shape index (κ2) is 9.18. The van der Waals surface area contributed by atoms with Crippen molar-refractivity contribution in [3.05, 3.63) is 60.2 Å². The molecule has 0 atom stereocenters. The molecule has 0 unspecified atom stereocenters. The van der Waals surface area contributed by atoms with Crippen LogP contribution in [0.25, 0.3) is 11.4 Å². The molecule has 2 aromatic carbocycles. The predicted molar refractivity (Wildman–Crippen MR) is 110 cm³/mol. The van der Waals surface area contributed by atoms with Crippen LogP contribution < -0.4 is 5.43 Å². The largest absolute Gasteiger partial charge is 0.508 e. The van der Waals surface area contributed by atoms with E-state index >= 15 is 0 Å². The molecule has 7 nitrogen and oxygen atoms in total. The molecular weight excluding hydrogens is 374 g/mol. The van der Waals surface area contributed by atoms with Gasteiger partial charge in [0.1, 0.15) is 5.75 Å². The number of aromatic nitrogens is 3. The van der Waals surface area contributed by atoms with Gasteiger partial charge in [-0.05, 0) is 43.7 Å². The summed E-state index contributed by atoms with van der Waals surface area (Å²) < 4.78 is 1.98. The summed E-state index contributed by atoms with van der Waals surface area (Å²) in [5.41, 5.74) is 5.02. The number of hydrogen-bond donors (Lipinski definition) is 2. The van der Waals surface area contributed by atoms with E-state index in [1.807, 2.05) is 41.8 Å². The number of hydrazone groups is 1. The normalized spacial score (nSPS) is 11.4. The minimum absolute atomic E-state index is 0.180. The molecule has 144 valence electrons. The maximum absolute atomic E-state index is 12.1. The molecule has 8 heteroatoms. The SMILES string of the molecule is CCn1c(SCC(=O)N/N=C(/C)c2ccc(O)cc2)nnc1-c1ccccc1. The van der Waals surface area contributed by atoms with Crippen LogP contribution in [-0.2, 0) is 11.3 Å². The van der Waals surface area contributed by atoms with E-state index in [1.165, 1.54) is 11.8 Å². The van der Waals surface area contributed by atoms with Gasteiger partial charge in [0.15, 0.2) is 11.0 Å². The first-order valence-corrected chi connectivity index (χ1v) is 9.81. The van der Waals surface area contributed by atoms with Crippen molar-refractivity contribution in [3.8, 4) is 17.1 Å². The molecule has 3 aromatic rings. The Labute approximate surface area is 167 Å². The Morgan fingerprint density at radius 1 is 1.14 bits per heavy atom. The molecule has 3 rings (SSSR count). The van der Waals surface area contributed by atoms with Crippen molar-refractivity contribution in [1.82, 2.24) is 20.2 Å². The summed E-state index contributed by atoms with van der Waals surface area (Å²) >= 11 is 1.32. The number of carbonyl (C=O) groups excluding carboxylic acids is 1. The molecule has 0 bridgehead atoms. The number of amides is 1. The van der Waals surface area contributed by atoms with Crippen molar-refractivity contribution in [3.63, 3.8) is 0 Å². The van der Waals surface area contributed by atoms with Crippen molar-refractivity contribution < 1.29 is 9.90 Å². The Bertz CT molecular complexity index is 968. The molecule has 0 aliphatic rings. The monoisotopic (exact) mass is 395 g/mol.